The summed E-state index contributed by atoms with van der Waals surface area (Å²) >= 11 is 0. The molecule has 5 nitrogen and oxygen atoms in total. The van der Waals surface area contributed by atoms with E-state index in [1.165, 1.54) is 0 Å². The largest absolute Gasteiger partial charge is 0.497 e. The molecule has 1 N–H and O–H groups in total. The molecule has 0 saturated carbocycles. The van der Waals surface area contributed by atoms with Gasteiger partial charge in [-0.25, -0.2) is 8.42 Å². The lowest BCUT2D eigenvalue weighted by Gasteiger charge is -2.39. The zero-order valence-electron chi connectivity index (χ0n) is 18.2. The van der Waals surface area contributed by atoms with Gasteiger partial charge in [0.2, 0.25) is 0 Å². The fraction of sp³-hybridized carbons (Fsp3) is 0.500. The van der Waals surface area contributed by atoms with Crippen LogP contribution in [0.1, 0.15) is 56.6 Å². The average Bonchev–Trinajstić information content (AvgIpc) is 2.83. The fourth-order valence-electron chi connectivity index (χ4n) is 4.68. The molecule has 3 atom stereocenters. The number of hydrogen-bond donors (Lipinski definition) is 1. The van der Waals surface area contributed by atoms with Gasteiger partial charge in [0, 0.05) is 11.3 Å². The summed E-state index contributed by atoms with van der Waals surface area (Å²) in [5, 5.41) is 11.8. The number of benzene rings is 2. The summed E-state index contributed by atoms with van der Waals surface area (Å²) in [5.74, 6) is 0.685. The molecule has 2 aromatic rings. The molecule has 0 saturated heterocycles. The van der Waals surface area contributed by atoms with Crippen LogP contribution in [0, 0.1) is 5.41 Å². The van der Waals surface area contributed by atoms with Crippen LogP contribution in [0.3, 0.4) is 0 Å². The topological polar surface area (TPSA) is 72.8 Å². The van der Waals surface area contributed by atoms with Crippen molar-refractivity contribution in [2.75, 3.05) is 20.0 Å². The van der Waals surface area contributed by atoms with Crippen molar-refractivity contribution in [1.29, 1.82) is 0 Å². The lowest BCUT2D eigenvalue weighted by Crippen LogP contribution is -2.42. The highest BCUT2D eigenvalue weighted by molar-refractivity contribution is 7.91. The summed E-state index contributed by atoms with van der Waals surface area (Å²) in [6.45, 7) is 4.06. The number of methoxy groups -OCH3 is 2. The van der Waals surface area contributed by atoms with Gasteiger partial charge >= 0.3 is 0 Å². The third-order valence-electron chi connectivity index (χ3n) is 6.49. The van der Waals surface area contributed by atoms with E-state index in [0.717, 1.165) is 18.4 Å². The molecule has 30 heavy (non-hydrogen) atoms. The molecule has 0 spiro atoms. The molecule has 2 aromatic carbocycles. The van der Waals surface area contributed by atoms with Gasteiger partial charge in [-0.1, -0.05) is 38.8 Å². The zero-order chi connectivity index (χ0) is 21.9. The molecular formula is C24H32O5S. The predicted molar refractivity (Wildman–Crippen MR) is 118 cm³/mol. The van der Waals surface area contributed by atoms with Crippen LogP contribution < -0.4 is 9.47 Å². The minimum Gasteiger partial charge on any atom is -0.497 e. The first kappa shape index (κ1) is 22.6. The van der Waals surface area contributed by atoms with E-state index in [2.05, 4.69) is 6.92 Å². The number of ether oxygens (including phenoxy) is 2. The van der Waals surface area contributed by atoms with Crippen molar-refractivity contribution in [2.24, 2.45) is 5.41 Å². The number of aliphatic hydroxyl groups excluding tert-OH is 1. The molecule has 0 aromatic heterocycles. The molecule has 0 amide bonds. The average molecular weight is 433 g/mol. The van der Waals surface area contributed by atoms with Gasteiger partial charge in [-0.2, -0.15) is 0 Å². The summed E-state index contributed by atoms with van der Waals surface area (Å²) in [7, 11) is -0.434. The molecular weight excluding hydrogens is 400 g/mol. The van der Waals surface area contributed by atoms with Crippen LogP contribution >= 0.6 is 0 Å². The summed E-state index contributed by atoms with van der Waals surface area (Å²) in [5.41, 5.74) is 0.694. The van der Waals surface area contributed by atoms with E-state index in [4.69, 9.17) is 9.47 Å². The Morgan fingerprint density at radius 1 is 1.07 bits per heavy atom. The Morgan fingerprint density at radius 3 is 2.40 bits per heavy atom. The van der Waals surface area contributed by atoms with Gasteiger partial charge in [0.15, 0.2) is 9.84 Å². The monoisotopic (exact) mass is 432 g/mol. The third-order valence-corrected chi connectivity index (χ3v) is 8.49. The highest BCUT2D eigenvalue weighted by Crippen LogP contribution is 2.49. The van der Waals surface area contributed by atoms with Gasteiger partial charge in [0.05, 0.1) is 31.0 Å². The molecule has 0 aliphatic carbocycles. The first-order valence-electron chi connectivity index (χ1n) is 10.5. The molecule has 1 aliphatic rings. The van der Waals surface area contributed by atoms with Crippen LogP contribution in [0.5, 0.6) is 11.5 Å². The maximum atomic E-state index is 13.5. The second-order valence-corrected chi connectivity index (χ2v) is 10.1. The van der Waals surface area contributed by atoms with Crippen LogP contribution in [0.2, 0.25) is 0 Å². The summed E-state index contributed by atoms with van der Waals surface area (Å²) in [6.07, 6.45) is 2.19. The van der Waals surface area contributed by atoms with E-state index >= 15 is 0 Å². The van der Waals surface area contributed by atoms with Crippen LogP contribution in [0.25, 0.3) is 0 Å². The molecule has 0 bridgehead atoms. The highest BCUT2D eigenvalue weighted by Gasteiger charge is 2.49. The number of fused-ring (bicyclic) bond motifs is 1. The van der Waals surface area contributed by atoms with E-state index in [9.17, 15) is 13.5 Å². The smallest absolute Gasteiger partial charge is 0.179 e. The van der Waals surface area contributed by atoms with Crippen molar-refractivity contribution in [3.63, 3.8) is 0 Å². The van der Waals surface area contributed by atoms with E-state index in [1.54, 1.807) is 32.4 Å². The molecule has 0 radical (unpaired) electrons. The van der Waals surface area contributed by atoms with Gasteiger partial charge < -0.3 is 14.6 Å². The van der Waals surface area contributed by atoms with E-state index < -0.39 is 27.3 Å². The van der Waals surface area contributed by atoms with E-state index in [1.807, 2.05) is 31.2 Å². The summed E-state index contributed by atoms with van der Waals surface area (Å²) in [6, 6.07) is 12.6. The van der Waals surface area contributed by atoms with Crippen molar-refractivity contribution in [1.82, 2.24) is 0 Å². The van der Waals surface area contributed by atoms with Gasteiger partial charge in [0.25, 0.3) is 0 Å². The quantitative estimate of drug-likeness (QED) is 0.694. The summed E-state index contributed by atoms with van der Waals surface area (Å²) < 4.78 is 37.8. The zero-order valence-corrected chi connectivity index (χ0v) is 19.0. The number of sulfone groups is 1. The lowest BCUT2D eigenvalue weighted by molar-refractivity contribution is 0.0173. The number of aliphatic hydroxyl groups is 1. The van der Waals surface area contributed by atoms with Crippen molar-refractivity contribution >= 4 is 9.84 Å². The predicted octanol–water partition coefficient (Wildman–Crippen LogP) is 4.57. The standard InChI is InChI=1S/C24H32O5S/c1-5-7-13-24(6-2)16-30(26,27)21-12-11-19(29-4)15-20(21)22(23(24)25)17-9-8-10-18(14-17)28-3/h8-12,14-15,22-23,25H,5-7,13,16H2,1-4H3/t22-,23-,24-/m1/s1. The number of unbranched alkanes of at least 4 members (excludes halogenated alkanes) is 1. The molecule has 6 heteroatoms. The molecule has 3 rings (SSSR count). The number of rotatable bonds is 7. The van der Waals surface area contributed by atoms with Gasteiger partial charge in [-0.3, -0.25) is 0 Å². The third kappa shape index (κ3) is 4.08. The highest BCUT2D eigenvalue weighted by atomic mass is 32.2. The lowest BCUT2D eigenvalue weighted by atomic mass is 9.69. The second kappa shape index (κ2) is 8.98. The van der Waals surface area contributed by atoms with Crippen molar-refractivity contribution < 1.29 is 23.0 Å². The normalized spacial score (nSPS) is 25.2. The Bertz CT molecular complexity index is 985. The minimum atomic E-state index is -3.59. The van der Waals surface area contributed by atoms with Crippen LogP contribution in [-0.4, -0.2) is 39.6 Å². The first-order chi connectivity index (χ1) is 14.3. The molecule has 164 valence electrons. The minimum absolute atomic E-state index is 0.0581. The molecule has 0 unspecified atom stereocenters. The van der Waals surface area contributed by atoms with Crippen LogP contribution in [-0.2, 0) is 9.84 Å². The second-order valence-electron chi connectivity index (χ2n) is 8.18. The molecule has 1 aliphatic heterocycles. The van der Waals surface area contributed by atoms with Gasteiger partial charge in [-0.05, 0) is 54.3 Å². The van der Waals surface area contributed by atoms with E-state index in [0.29, 0.717) is 29.9 Å². The van der Waals surface area contributed by atoms with E-state index in [-0.39, 0.29) is 10.6 Å². The van der Waals surface area contributed by atoms with Crippen molar-refractivity contribution in [3.05, 3.63) is 53.6 Å². The maximum absolute atomic E-state index is 13.5. The van der Waals surface area contributed by atoms with Gasteiger partial charge in [-0.15, -0.1) is 0 Å². The molecule has 1 heterocycles. The Labute approximate surface area is 180 Å². The Balaban J connectivity index is 2.31. The number of hydrogen-bond acceptors (Lipinski definition) is 5. The SMILES string of the molecule is CCCC[C@]1(CC)CS(=O)(=O)c2ccc(OC)cc2[C@@H](c2cccc(OC)c2)[C@H]1O. The maximum Gasteiger partial charge on any atom is 0.179 e. The van der Waals surface area contributed by atoms with Crippen molar-refractivity contribution in [3.8, 4) is 11.5 Å². The van der Waals surface area contributed by atoms with Crippen LogP contribution in [0.4, 0.5) is 0 Å². The van der Waals surface area contributed by atoms with Crippen LogP contribution in [0.15, 0.2) is 47.4 Å². The Kier molecular flexibility index (Phi) is 6.78. The fourth-order valence-corrected chi connectivity index (χ4v) is 6.93. The van der Waals surface area contributed by atoms with Crippen molar-refractivity contribution in [2.45, 2.75) is 56.4 Å². The Hall–Kier alpha value is -2.05. The Morgan fingerprint density at radius 2 is 1.77 bits per heavy atom. The first-order valence-corrected chi connectivity index (χ1v) is 12.2. The molecule has 0 fully saturated rings. The summed E-state index contributed by atoms with van der Waals surface area (Å²) in [4.78, 5) is 0.280. The van der Waals surface area contributed by atoms with Gasteiger partial charge in [0.1, 0.15) is 11.5 Å².